The maximum absolute atomic E-state index is 11.1. The fraction of sp³-hybridized carbons (Fsp3) is 0.471. The van der Waals surface area contributed by atoms with Crippen molar-refractivity contribution in [2.24, 2.45) is 5.41 Å². The van der Waals surface area contributed by atoms with E-state index in [1.165, 1.54) is 0 Å². The van der Waals surface area contributed by atoms with Gasteiger partial charge >= 0.3 is 5.97 Å². The van der Waals surface area contributed by atoms with Crippen LogP contribution in [0.15, 0.2) is 34.9 Å². The number of hydrogen-bond donors (Lipinski definition) is 2. The van der Waals surface area contributed by atoms with Crippen LogP contribution in [0.5, 0.6) is 0 Å². The number of carboxylic acid groups (broad SMARTS) is 1. The van der Waals surface area contributed by atoms with Crippen LogP contribution in [-0.2, 0) is 4.79 Å². The van der Waals surface area contributed by atoms with Crippen LogP contribution in [0.2, 0.25) is 0 Å². The summed E-state index contributed by atoms with van der Waals surface area (Å²) >= 11 is 0. The lowest BCUT2D eigenvalue weighted by molar-refractivity contribution is -0.139. The van der Waals surface area contributed by atoms with E-state index in [-0.39, 0.29) is 5.41 Å². The van der Waals surface area contributed by atoms with E-state index in [0.717, 1.165) is 38.0 Å². The highest BCUT2D eigenvalue weighted by atomic mass is 16.5. The highest BCUT2D eigenvalue weighted by Crippen LogP contribution is 2.40. The second-order valence-electron chi connectivity index (χ2n) is 6.73. The van der Waals surface area contributed by atoms with Crippen LogP contribution in [0.25, 0.3) is 11.5 Å². The predicted octanol–water partition coefficient (Wildman–Crippen LogP) is 1.77. The Bertz CT molecular complexity index is 722. The SMILES string of the molecule is O=C(O)[C@@H]1CC2(CCN(c3noc(-c4ccccc4)n3)CC2)CN1. The van der Waals surface area contributed by atoms with E-state index in [4.69, 9.17) is 9.63 Å². The van der Waals surface area contributed by atoms with Gasteiger partial charge in [0.05, 0.1) is 0 Å². The summed E-state index contributed by atoms with van der Waals surface area (Å²) in [6, 6.07) is 9.31. The Morgan fingerprint density at radius 2 is 2.04 bits per heavy atom. The van der Waals surface area contributed by atoms with Gasteiger partial charge in [-0.15, -0.1) is 0 Å². The number of hydrogen-bond acceptors (Lipinski definition) is 6. The topological polar surface area (TPSA) is 91.5 Å². The van der Waals surface area contributed by atoms with Gasteiger partial charge in [-0.2, -0.15) is 4.98 Å². The monoisotopic (exact) mass is 328 g/mol. The molecule has 2 aliphatic heterocycles. The van der Waals surface area contributed by atoms with Crippen LogP contribution < -0.4 is 10.2 Å². The third kappa shape index (κ3) is 2.75. The van der Waals surface area contributed by atoms with Crippen molar-refractivity contribution in [1.82, 2.24) is 15.5 Å². The summed E-state index contributed by atoms with van der Waals surface area (Å²) in [5.41, 5.74) is 1.000. The number of carboxylic acids is 1. The molecule has 0 unspecified atom stereocenters. The molecule has 1 aromatic heterocycles. The van der Waals surface area contributed by atoms with Gasteiger partial charge in [0.2, 0.25) is 0 Å². The van der Waals surface area contributed by atoms with Crippen LogP contribution >= 0.6 is 0 Å². The smallest absolute Gasteiger partial charge is 0.320 e. The van der Waals surface area contributed by atoms with Gasteiger partial charge in [0.25, 0.3) is 11.8 Å². The highest BCUT2D eigenvalue weighted by molar-refractivity contribution is 5.74. The van der Waals surface area contributed by atoms with Crippen LogP contribution in [0.3, 0.4) is 0 Å². The first kappa shape index (κ1) is 15.1. The zero-order valence-electron chi connectivity index (χ0n) is 13.3. The van der Waals surface area contributed by atoms with Gasteiger partial charge in [-0.05, 0) is 42.0 Å². The molecule has 7 heteroatoms. The summed E-state index contributed by atoms with van der Waals surface area (Å²) in [5, 5.41) is 16.4. The molecule has 1 atom stereocenters. The molecule has 2 aliphatic rings. The van der Waals surface area contributed by atoms with Gasteiger partial charge in [-0.1, -0.05) is 18.2 Å². The minimum absolute atomic E-state index is 0.0888. The van der Waals surface area contributed by atoms with Crippen molar-refractivity contribution in [2.45, 2.75) is 25.3 Å². The zero-order chi connectivity index (χ0) is 16.6. The zero-order valence-corrected chi connectivity index (χ0v) is 13.3. The lowest BCUT2D eigenvalue weighted by atomic mass is 9.76. The van der Waals surface area contributed by atoms with Crippen molar-refractivity contribution in [3.8, 4) is 11.5 Å². The normalized spacial score (nSPS) is 22.8. The van der Waals surface area contributed by atoms with E-state index < -0.39 is 12.0 Å². The number of piperidine rings is 1. The molecule has 0 amide bonds. The summed E-state index contributed by atoms with van der Waals surface area (Å²) in [4.78, 5) is 17.8. The Morgan fingerprint density at radius 1 is 1.29 bits per heavy atom. The number of aromatic nitrogens is 2. The molecule has 1 aromatic carbocycles. The van der Waals surface area contributed by atoms with E-state index in [9.17, 15) is 4.79 Å². The van der Waals surface area contributed by atoms with Gasteiger partial charge in [-0.3, -0.25) is 4.79 Å². The van der Waals surface area contributed by atoms with Gasteiger partial charge in [0.15, 0.2) is 0 Å². The summed E-state index contributed by atoms with van der Waals surface area (Å²) in [6.45, 7) is 2.42. The Kier molecular flexibility index (Phi) is 3.72. The molecule has 0 saturated carbocycles. The maximum Gasteiger partial charge on any atom is 0.320 e. The summed E-state index contributed by atoms with van der Waals surface area (Å²) in [7, 11) is 0. The first-order valence-electron chi connectivity index (χ1n) is 8.26. The average molecular weight is 328 g/mol. The molecule has 24 heavy (non-hydrogen) atoms. The molecule has 0 radical (unpaired) electrons. The van der Waals surface area contributed by atoms with Crippen molar-refractivity contribution in [2.75, 3.05) is 24.5 Å². The van der Waals surface area contributed by atoms with E-state index in [0.29, 0.717) is 18.3 Å². The largest absolute Gasteiger partial charge is 0.480 e. The van der Waals surface area contributed by atoms with Crippen molar-refractivity contribution in [3.05, 3.63) is 30.3 Å². The van der Waals surface area contributed by atoms with Gasteiger partial charge in [-0.25, -0.2) is 0 Å². The quantitative estimate of drug-likeness (QED) is 0.887. The van der Waals surface area contributed by atoms with Crippen LogP contribution in [0.1, 0.15) is 19.3 Å². The minimum atomic E-state index is -0.750. The maximum atomic E-state index is 11.1. The molecule has 2 aromatic rings. The van der Waals surface area contributed by atoms with Crippen molar-refractivity contribution in [1.29, 1.82) is 0 Å². The van der Waals surface area contributed by atoms with Gasteiger partial charge in [0, 0.05) is 25.2 Å². The number of aliphatic carboxylic acids is 1. The molecule has 0 bridgehead atoms. The van der Waals surface area contributed by atoms with Crippen LogP contribution in [0.4, 0.5) is 5.95 Å². The second kappa shape index (κ2) is 5.90. The van der Waals surface area contributed by atoms with Crippen LogP contribution in [-0.4, -0.2) is 46.9 Å². The Balaban J connectivity index is 1.42. The van der Waals surface area contributed by atoms with E-state index in [1.54, 1.807) is 0 Å². The van der Waals surface area contributed by atoms with Crippen LogP contribution in [0, 0.1) is 5.41 Å². The lowest BCUT2D eigenvalue weighted by Crippen LogP contribution is -2.41. The Hall–Kier alpha value is -2.41. The van der Waals surface area contributed by atoms with Crippen molar-refractivity contribution < 1.29 is 14.4 Å². The summed E-state index contributed by atoms with van der Waals surface area (Å²) in [5.74, 6) is 0.392. The molecule has 3 heterocycles. The van der Waals surface area contributed by atoms with E-state index in [1.807, 2.05) is 30.3 Å². The molecule has 4 rings (SSSR count). The number of nitrogens with zero attached hydrogens (tertiary/aromatic N) is 3. The molecule has 1 spiro atoms. The van der Waals surface area contributed by atoms with Gasteiger partial charge in [0.1, 0.15) is 6.04 Å². The summed E-state index contributed by atoms with van der Waals surface area (Å²) < 4.78 is 5.38. The van der Waals surface area contributed by atoms with Gasteiger partial charge < -0.3 is 19.8 Å². The van der Waals surface area contributed by atoms with Crippen molar-refractivity contribution in [3.63, 3.8) is 0 Å². The number of anilines is 1. The molecule has 2 fully saturated rings. The third-order valence-corrected chi connectivity index (χ3v) is 5.20. The fourth-order valence-electron chi connectivity index (χ4n) is 3.70. The summed E-state index contributed by atoms with van der Waals surface area (Å²) in [6.07, 6.45) is 2.59. The molecular formula is C17H20N4O3. The number of rotatable bonds is 3. The first-order valence-corrected chi connectivity index (χ1v) is 8.26. The first-order chi connectivity index (χ1) is 11.7. The predicted molar refractivity (Wildman–Crippen MR) is 87.7 cm³/mol. The minimum Gasteiger partial charge on any atom is -0.480 e. The standard InChI is InChI=1S/C17H20N4O3/c22-15(23)13-10-17(11-18-13)6-8-21(9-7-17)16-19-14(24-20-16)12-4-2-1-3-5-12/h1-5,13,18H,6-11H2,(H,22,23)/t13-/m0/s1. The van der Waals surface area contributed by atoms with Crippen molar-refractivity contribution >= 4 is 11.9 Å². The Labute approximate surface area is 139 Å². The lowest BCUT2D eigenvalue weighted by Gasteiger charge is -2.38. The Morgan fingerprint density at radius 3 is 2.71 bits per heavy atom. The number of nitrogens with one attached hydrogen (secondary N) is 1. The molecular weight excluding hydrogens is 308 g/mol. The molecule has 0 aliphatic carbocycles. The fourth-order valence-corrected chi connectivity index (χ4v) is 3.70. The molecule has 2 saturated heterocycles. The third-order valence-electron chi connectivity index (χ3n) is 5.20. The molecule has 2 N–H and O–H groups in total. The van der Waals surface area contributed by atoms with E-state index >= 15 is 0 Å². The molecule has 126 valence electrons. The second-order valence-corrected chi connectivity index (χ2v) is 6.73. The number of carbonyl (C=O) groups is 1. The molecule has 7 nitrogen and oxygen atoms in total. The average Bonchev–Trinajstić information content (AvgIpc) is 3.25. The van der Waals surface area contributed by atoms with E-state index in [2.05, 4.69) is 20.4 Å². The highest BCUT2D eigenvalue weighted by Gasteiger charge is 2.44. The number of benzene rings is 1.